The highest BCUT2D eigenvalue weighted by Gasteiger charge is 2.32. The summed E-state index contributed by atoms with van der Waals surface area (Å²) >= 11 is 0. The lowest BCUT2D eigenvalue weighted by atomic mass is 10.0. The number of carboxylic acid groups (broad SMARTS) is 1. The van der Waals surface area contributed by atoms with Crippen LogP contribution < -0.4 is 0 Å². The van der Waals surface area contributed by atoms with Crippen molar-refractivity contribution < 1.29 is 23.8 Å². The zero-order chi connectivity index (χ0) is 16.8. The molecule has 1 amide bonds. The second-order valence-corrected chi connectivity index (χ2v) is 5.48. The number of rotatable bonds is 6. The van der Waals surface area contributed by atoms with Crippen molar-refractivity contribution >= 4 is 11.9 Å². The van der Waals surface area contributed by atoms with Gasteiger partial charge in [0.15, 0.2) is 0 Å². The smallest absolute Gasteiger partial charge is 0.305 e. The van der Waals surface area contributed by atoms with E-state index in [2.05, 4.69) is 0 Å². The molecule has 0 aromatic heterocycles. The molecule has 1 aliphatic rings. The lowest BCUT2D eigenvalue weighted by Gasteiger charge is -2.35. The van der Waals surface area contributed by atoms with E-state index in [9.17, 15) is 14.0 Å². The van der Waals surface area contributed by atoms with Crippen LogP contribution in [0.25, 0.3) is 0 Å². The van der Waals surface area contributed by atoms with E-state index in [4.69, 9.17) is 9.84 Å². The molecule has 1 heterocycles. The molecule has 0 radical (unpaired) electrons. The van der Waals surface area contributed by atoms with Crippen LogP contribution in [0.5, 0.6) is 0 Å². The van der Waals surface area contributed by atoms with Crippen molar-refractivity contribution in [2.45, 2.75) is 12.5 Å². The lowest BCUT2D eigenvalue weighted by molar-refractivity contribution is -0.140. The molecule has 0 saturated carbocycles. The SMILES string of the molecule is CN(CCC(=O)O)C(=O)C(c1ccccc1F)N1CCOCC1. The number of hydrogen-bond acceptors (Lipinski definition) is 4. The molecule has 0 bridgehead atoms. The van der Waals surface area contributed by atoms with Crippen molar-refractivity contribution in [2.24, 2.45) is 0 Å². The molecule has 6 nitrogen and oxygen atoms in total. The molecule has 0 spiro atoms. The van der Waals surface area contributed by atoms with Gasteiger partial charge in [0.1, 0.15) is 11.9 Å². The van der Waals surface area contributed by atoms with Gasteiger partial charge in [0.2, 0.25) is 5.91 Å². The van der Waals surface area contributed by atoms with E-state index in [-0.39, 0.29) is 18.9 Å². The van der Waals surface area contributed by atoms with Crippen molar-refractivity contribution in [2.75, 3.05) is 39.9 Å². The topological polar surface area (TPSA) is 70.1 Å². The molecule has 1 saturated heterocycles. The average molecular weight is 324 g/mol. The summed E-state index contributed by atoms with van der Waals surface area (Å²) in [5.41, 5.74) is 0.307. The minimum atomic E-state index is -0.974. The first kappa shape index (κ1) is 17.4. The minimum Gasteiger partial charge on any atom is -0.481 e. The summed E-state index contributed by atoms with van der Waals surface area (Å²) in [4.78, 5) is 26.7. The Kier molecular flexibility index (Phi) is 6.06. The monoisotopic (exact) mass is 324 g/mol. The van der Waals surface area contributed by atoms with Gasteiger partial charge < -0.3 is 14.7 Å². The van der Waals surface area contributed by atoms with Crippen molar-refractivity contribution in [1.29, 1.82) is 0 Å². The lowest BCUT2D eigenvalue weighted by Crippen LogP contribution is -2.46. The van der Waals surface area contributed by atoms with Crippen LogP contribution >= 0.6 is 0 Å². The number of nitrogens with zero attached hydrogens (tertiary/aromatic N) is 2. The number of carbonyl (C=O) groups excluding carboxylic acids is 1. The molecule has 2 rings (SSSR count). The van der Waals surface area contributed by atoms with Crippen LogP contribution in [0.2, 0.25) is 0 Å². The van der Waals surface area contributed by atoms with Gasteiger partial charge in [0.25, 0.3) is 0 Å². The summed E-state index contributed by atoms with van der Waals surface area (Å²) in [5.74, 6) is -1.72. The Labute approximate surface area is 134 Å². The van der Waals surface area contributed by atoms with Crippen LogP contribution in [-0.2, 0) is 14.3 Å². The van der Waals surface area contributed by atoms with Crippen LogP contribution in [0.15, 0.2) is 24.3 Å². The number of likely N-dealkylation sites (N-methyl/N-ethyl adjacent to an activating group) is 1. The Morgan fingerprint density at radius 2 is 2.00 bits per heavy atom. The molecule has 1 atom stereocenters. The zero-order valence-electron chi connectivity index (χ0n) is 13.1. The van der Waals surface area contributed by atoms with Crippen LogP contribution in [0, 0.1) is 5.82 Å². The number of halogens is 1. The Balaban J connectivity index is 2.24. The first-order valence-corrected chi connectivity index (χ1v) is 7.53. The molecule has 23 heavy (non-hydrogen) atoms. The van der Waals surface area contributed by atoms with Gasteiger partial charge in [-0.1, -0.05) is 18.2 Å². The number of amides is 1. The van der Waals surface area contributed by atoms with E-state index < -0.39 is 17.8 Å². The third-order valence-electron chi connectivity index (χ3n) is 3.88. The fourth-order valence-corrected chi connectivity index (χ4v) is 2.60. The van der Waals surface area contributed by atoms with E-state index >= 15 is 0 Å². The zero-order valence-corrected chi connectivity index (χ0v) is 13.1. The molecular formula is C16H21FN2O4. The Hall–Kier alpha value is -1.99. The van der Waals surface area contributed by atoms with E-state index in [0.717, 1.165) is 0 Å². The molecule has 1 unspecified atom stereocenters. The third kappa shape index (κ3) is 4.49. The van der Waals surface area contributed by atoms with E-state index in [0.29, 0.717) is 31.9 Å². The van der Waals surface area contributed by atoms with Gasteiger partial charge in [-0.05, 0) is 6.07 Å². The summed E-state index contributed by atoms with van der Waals surface area (Å²) in [6.45, 7) is 2.10. The highest BCUT2D eigenvalue weighted by molar-refractivity contribution is 5.83. The number of carboxylic acids is 1. The van der Waals surface area contributed by atoms with E-state index in [1.54, 1.807) is 25.2 Å². The molecular weight excluding hydrogens is 303 g/mol. The van der Waals surface area contributed by atoms with Crippen LogP contribution in [0.1, 0.15) is 18.0 Å². The first-order chi connectivity index (χ1) is 11.0. The Morgan fingerprint density at radius 1 is 1.35 bits per heavy atom. The molecule has 0 aliphatic carbocycles. The summed E-state index contributed by atoms with van der Waals surface area (Å²) in [6.07, 6.45) is -0.144. The predicted octanol–water partition coefficient (Wildman–Crippen LogP) is 1.13. The predicted molar refractivity (Wildman–Crippen MR) is 81.4 cm³/mol. The normalized spacial score (nSPS) is 16.8. The van der Waals surface area contributed by atoms with Crippen LogP contribution in [-0.4, -0.2) is 66.7 Å². The fraction of sp³-hybridized carbons (Fsp3) is 0.500. The van der Waals surface area contributed by atoms with Crippen LogP contribution in [0.4, 0.5) is 4.39 Å². The quantitative estimate of drug-likeness (QED) is 0.849. The summed E-state index contributed by atoms with van der Waals surface area (Å²) in [6, 6.07) is 5.43. The largest absolute Gasteiger partial charge is 0.481 e. The third-order valence-corrected chi connectivity index (χ3v) is 3.88. The fourth-order valence-electron chi connectivity index (χ4n) is 2.60. The maximum absolute atomic E-state index is 14.2. The van der Waals surface area contributed by atoms with E-state index in [1.165, 1.54) is 11.0 Å². The number of carbonyl (C=O) groups is 2. The maximum Gasteiger partial charge on any atom is 0.305 e. The van der Waals surface area contributed by atoms with Crippen molar-refractivity contribution in [3.05, 3.63) is 35.6 Å². The summed E-state index contributed by atoms with van der Waals surface area (Å²) in [7, 11) is 1.54. The van der Waals surface area contributed by atoms with Crippen LogP contribution in [0.3, 0.4) is 0 Å². The van der Waals surface area contributed by atoms with Gasteiger partial charge in [0, 0.05) is 32.2 Å². The molecule has 1 aliphatic heterocycles. The number of hydrogen-bond donors (Lipinski definition) is 1. The Morgan fingerprint density at radius 3 is 2.61 bits per heavy atom. The second kappa shape index (κ2) is 8.03. The number of benzene rings is 1. The first-order valence-electron chi connectivity index (χ1n) is 7.53. The van der Waals surface area contributed by atoms with Gasteiger partial charge in [-0.2, -0.15) is 0 Å². The summed E-state index contributed by atoms with van der Waals surface area (Å²) in [5, 5.41) is 8.77. The van der Waals surface area contributed by atoms with Gasteiger partial charge >= 0.3 is 5.97 Å². The van der Waals surface area contributed by atoms with Gasteiger partial charge in [-0.25, -0.2) is 4.39 Å². The highest BCUT2D eigenvalue weighted by atomic mass is 19.1. The maximum atomic E-state index is 14.2. The number of morpholine rings is 1. The standard InChI is InChI=1S/C16H21FN2O4/c1-18(7-6-14(20)21)16(22)15(19-8-10-23-11-9-19)12-4-2-3-5-13(12)17/h2-5,15H,6-11H2,1H3,(H,20,21). The minimum absolute atomic E-state index is 0.0868. The molecule has 1 N–H and O–H groups in total. The van der Waals surface area contributed by atoms with Gasteiger partial charge in [-0.3, -0.25) is 14.5 Å². The molecule has 1 fully saturated rings. The summed E-state index contributed by atoms with van der Waals surface area (Å²) < 4.78 is 19.5. The molecule has 1 aromatic carbocycles. The molecule has 1 aromatic rings. The van der Waals surface area contributed by atoms with Crippen molar-refractivity contribution in [1.82, 2.24) is 9.80 Å². The van der Waals surface area contributed by atoms with Gasteiger partial charge in [-0.15, -0.1) is 0 Å². The Bertz CT molecular complexity index is 561. The molecule has 7 heteroatoms. The number of aliphatic carboxylic acids is 1. The molecule has 126 valence electrons. The highest BCUT2D eigenvalue weighted by Crippen LogP contribution is 2.26. The van der Waals surface area contributed by atoms with E-state index in [1.807, 2.05) is 4.90 Å². The van der Waals surface area contributed by atoms with Gasteiger partial charge in [0.05, 0.1) is 19.6 Å². The average Bonchev–Trinajstić information content (AvgIpc) is 2.55. The number of ether oxygens (including phenoxy) is 1. The second-order valence-electron chi connectivity index (χ2n) is 5.48. The van der Waals surface area contributed by atoms with Crippen molar-refractivity contribution in [3.63, 3.8) is 0 Å². The van der Waals surface area contributed by atoms with Crippen molar-refractivity contribution in [3.8, 4) is 0 Å².